The van der Waals surface area contributed by atoms with Crippen LogP contribution in [0.5, 0.6) is 0 Å². The molecule has 0 N–H and O–H groups in total. The molecule has 0 saturated carbocycles. The average molecular weight is 524 g/mol. The van der Waals surface area contributed by atoms with Gasteiger partial charge in [-0.3, -0.25) is 0 Å². The van der Waals surface area contributed by atoms with Crippen LogP contribution in [0.4, 0.5) is 48.3 Å². The summed E-state index contributed by atoms with van der Waals surface area (Å²) in [6.07, 6.45) is -30.8. The van der Waals surface area contributed by atoms with Gasteiger partial charge in [0, 0.05) is 34.0 Å². The summed E-state index contributed by atoms with van der Waals surface area (Å²) in [4.78, 5) is 0. The predicted octanol–water partition coefficient (Wildman–Crippen LogP) is 4.56. The van der Waals surface area contributed by atoms with Gasteiger partial charge in [-0.05, 0) is 12.8 Å². The van der Waals surface area contributed by atoms with Gasteiger partial charge in [-0.1, -0.05) is 0 Å². The first kappa shape index (κ1) is 31.2. The van der Waals surface area contributed by atoms with Gasteiger partial charge in [0.25, 0.3) is 0 Å². The molecule has 0 aliphatic heterocycles. The van der Waals surface area contributed by atoms with Crippen molar-refractivity contribution in [1.82, 2.24) is 0 Å². The van der Waals surface area contributed by atoms with Crippen LogP contribution >= 0.6 is 0 Å². The molecule has 0 aromatic carbocycles. The van der Waals surface area contributed by atoms with Gasteiger partial charge in [0.15, 0.2) is 0 Å². The summed E-state index contributed by atoms with van der Waals surface area (Å²) >= 11 is 0. The smallest absolute Gasteiger partial charge is 0.377 e. The lowest BCUT2D eigenvalue weighted by Crippen LogP contribution is -2.52. The normalized spacial score (nSPS) is 14.8. The van der Waals surface area contributed by atoms with Crippen molar-refractivity contribution < 1.29 is 80.5 Å². The molecule has 0 rings (SSSR count). The Morgan fingerprint density at radius 1 is 0.625 bits per heavy atom. The Morgan fingerprint density at radius 2 is 1.09 bits per heavy atom. The lowest BCUT2D eigenvalue weighted by Gasteiger charge is -2.30. The fourth-order valence-electron chi connectivity index (χ4n) is 1.93. The average Bonchev–Trinajstić information content (AvgIpc) is 2.57. The third-order valence-electron chi connectivity index (χ3n) is 3.32. The number of hydrogen-bond acceptors (Lipinski definition) is 7. The zero-order chi connectivity index (χ0) is 25.5. The van der Waals surface area contributed by atoms with Crippen molar-refractivity contribution in [3.63, 3.8) is 0 Å². The van der Waals surface area contributed by atoms with Gasteiger partial charge < -0.3 is 18.0 Å². The van der Waals surface area contributed by atoms with Crippen molar-refractivity contribution in [2.75, 3.05) is 34.5 Å². The molecule has 0 spiro atoms. The summed E-state index contributed by atoms with van der Waals surface area (Å²) in [7, 11) is 0.974. The summed E-state index contributed by atoms with van der Waals surface area (Å²) in [5.74, 6) is 0. The maximum atomic E-state index is 13.3. The maximum Gasteiger partial charge on any atom is 0.527 e. The van der Waals surface area contributed by atoms with Gasteiger partial charge in [0.1, 0.15) is 6.61 Å². The number of unbranched alkanes of at least 4 members (excludes halogenated alkanes) is 1. The van der Waals surface area contributed by atoms with E-state index in [2.05, 4.69) is 14.2 Å². The summed E-state index contributed by atoms with van der Waals surface area (Å²) in [5, 5.41) is 0. The van der Waals surface area contributed by atoms with Crippen molar-refractivity contribution in [3.8, 4) is 0 Å². The fourth-order valence-corrected chi connectivity index (χ4v) is 3.73. The van der Waals surface area contributed by atoms with E-state index < -0.39 is 53.0 Å². The van der Waals surface area contributed by atoms with Crippen LogP contribution in [0.2, 0.25) is 6.04 Å². The Balaban J connectivity index is 4.68. The lowest BCUT2D eigenvalue weighted by atomic mass is 10.4. The molecule has 0 heterocycles. The largest absolute Gasteiger partial charge is 0.527 e. The van der Waals surface area contributed by atoms with Crippen molar-refractivity contribution in [2.24, 2.45) is 0 Å². The van der Waals surface area contributed by atoms with Gasteiger partial charge in [-0.15, -0.1) is 22.0 Å². The Kier molecular flexibility index (Phi) is 11.2. The van der Waals surface area contributed by atoms with E-state index in [1.165, 1.54) is 21.3 Å². The highest BCUT2D eigenvalue weighted by molar-refractivity contribution is 6.60. The first-order valence-corrected chi connectivity index (χ1v) is 10.1. The first-order chi connectivity index (χ1) is 14.3. The maximum absolute atomic E-state index is 13.3. The van der Waals surface area contributed by atoms with Gasteiger partial charge in [0.2, 0.25) is 0 Å². The molecule has 0 atom stereocenters. The van der Waals surface area contributed by atoms with Crippen LogP contribution in [0, 0.1) is 0 Å². The van der Waals surface area contributed by atoms with Crippen molar-refractivity contribution >= 4 is 8.80 Å². The van der Waals surface area contributed by atoms with Crippen LogP contribution < -0.4 is 0 Å². The third-order valence-corrected chi connectivity index (χ3v) is 6.15. The van der Waals surface area contributed by atoms with Gasteiger partial charge >= 0.3 is 39.8 Å². The SMILES string of the molecule is CO[Si](CCCCOCC(F)(F)OC(F)(F)OC(F)(F)C(F)(F)OC(F)(F)F)(OC)OC. The van der Waals surface area contributed by atoms with E-state index in [-0.39, 0.29) is 18.9 Å². The molecule has 0 aliphatic rings. The Labute approximate surface area is 174 Å². The van der Waals surface area contributed by atoms with E-state index in [4.69, 9.17) is 13.3 Å². The number of rotatable bonds is 16. The molecular weight excluding hydrogens is 505 g/mol. The second-order valence-electron chi connectivity index (χ2n) is 5.69. The summed E-state index contributed by atoms with van der Waals surface area (Å²) < 4.78 is 165. The third kappa shape index (κ3) is 10.9. The molecule has 7 nitrogen and oxygen atoms in total. The zero-order valence-corrected chi connectivity index (χ0v) is 17.6. The predicted molar refractivity (Wildman–Crippen MR) is 80.7 cm³/mol. The van der Waals surface area contributed by atoms with Crippen molar-refractivity contribution in [3.05, 3.63) is 0 Å². The van der Waals surface area contributed by atoms with E-state index in [9.17, 15) is 48.3 Å². The molecule has 0 radical (unpaired) electrons. The number of ether oxygens (including phenoxy) is 4. The van der Waals surface area contributed by atoms with Gasteiger partial charge in [-0.2, -0.15) is 26.3 Å². The molecule has 19 heteroatoms. The summed E-state index contributed by atoms with van der Waals surface area (Å²) in [6.45, 7) is -2.45. The highest BCUT2D eigenvalue weighted by atomic mass is 28.4. The van der Waals surface area contributed by atoms with Crippen LogP contribution in [0.15, 0.2) is 0 Å². The number of alkyl halides is 11. The molecule has 0 aromatic rings. The van der Waals surface area contributed by atoms with Gasteiger partial charge in [-0.25, -0.2) is 14.2 Å². The molecule has 0 aromatic heterocycles. The lowest BCUT2D eigenvalue weighted by molar-refractivity contribution is -0.573. The minimum absolute atomic E-state index is 0.0485. The topological polar surface area (TPSA) is 64.6 Å². The minimum Gasteiger partial charge on any atom is -0.377 e. The quantitative estimate of drug-likeness (QED) is 0.127. The van der Waals surface area contributed by atoms with E-state index in [0.29, 0.717) is 0 Å². The molecule has 0 bridgehead atoms. The Morgan fingerprint density at radius 3 is 1.53 bits per heavy atom. The van der Waals surface area contributed by atoms with Crippen LogP contribution in [-0.2, 0) is 32.2 Å². The molecule has 194 valence electrons. The second-order valence-corrected chi connectivity index (χ2v) is 8.78. The second kappa shape index (κ2) is 11.5. The van der Waals surface area contributed by atoms with Crippen LogP contribution in [0.1, 0.15) is 12.8 Å². The van der Waals surface area contributed by atoms with Gasteiger partial charge in [0.05, 0.1) is 0 Å². The molecule has 0 saturated heterocycles. The highest BCUT2D eigenvalue weighted by Crippen LogP contribution is 2.44. The van der Waals surface area contributed by atoms with Crippen LogP contribution in [0.25, 0.3) is 0 Å². The van der Waals surface area contributed by atoms with E-state index in [1.54, 1.807) is 4.74 Å². The first-order valence-electron chi connectivity index (χ1n) is 8.18. The van der Waals surface area contributed by atoms with E-state index in [1.807, 2.05) is 0 Å². The highest BCUT2D eigenvalue weighted by Gasteiger charge is 2.69. The molecule has 0 fully saturated rings. The summed E-state index contributed by atoms with van der Waals surface area (Å²) in [5.41, 5.74) is 0. The van der Waals surface area contributed by atoms with Crippen molar-refractivity contribution in [1.29, 1.82) is 0 Å². The molecule has 0 unspecified atom stereocenters. The van der Waals surface area contributed by atoms with E-state index in [0.717, 1.165) is 0 Å². The minimum atomic E-state index is -6.72. The number of halogens is 11. The standard InChI is InChI=1S/C13H19F11O7Si/c1-25-32(26-2,27-3)7-5-4-6-28-8-9(14,15)29-13(23,24)31-11(18,19)10(16,17)30-12(20,21)22/h4-8H2,1-3H3. The monoisotopic (exact) mass is 524 g/mol. The molecule has 32 heavy (non-hydrogen) atoms. The van der Waals surface area contributed by atoms with Crippen LogP contribution in [-0.4, -0.2) is 74.3 Å². The zero-order valence-electron chi connectivity index (χ0n) is 16.6. The molecular formula is C13H19F11O7Si. The molecule has 0 amide bonds. The Hall–Kier alpha value is -0.833. The van der Waals surface area contributed by atoms with E-state index >= 15 is 0 Å². The molecule has 0 aliphatic carbocycles. The van der Waals surface area contributed by atoms with Crippen LogP contribution in [0.3, 0.4) is 0 Å². The fraction of sp³-hybridized carbons (Fsp3) is 1.00. The number of hydrogen-bond donors (Lipinski definition) is 0. The van der Waals surface area contributed by atoms with Crippen molar-refractivity contribution in [2.45, 2.75) is 49.9 Å². The summed E-state index contributed by atoms with van der Waals surface area (Å²) in [6, 6.07) is 0.224. The Bertz CT molecular complexity index is 551.